The van der Waals surface area contributed by atoms with Crippen molar-refractivity contribution in [2.24, 2.45) is 23.5 Å². The van der Waals surface area contributed by atoms with Gasteiger partial charge in [-0.3, -0.25) is 38.4 Å². The van der Waals surface area contributed by atoms with E-state index in [1.165, 1.54) is 19.4 Å². The number of carboxylic acids is 2. The standard InChI is InChI=1S/C38H64N10O13S/c1-9-18(6)27(39)34(56)47-30(20(8)50)37(59)48-29(19(7)49)36(58)45-25(14-62)33(55)42-22(11-21-13-40-15-41-21)31(53)43-23(12-26(51)52)32(54)46-28(17(4)5)35(57)44-24(38(60)61)10-16(2)3/h13,15-20,22-25,27-30,49-50,62H,9-12,14,39H2,1-8H3,(H,40,41)(H,42,55)(H,43,53)(H,44,57)(H,45,58)(H,46,54)(H,47,56)(H,48,59)(H,51,52)(H,60,61)/t18-,19+,20+,22-,23-,24-,25-,27-,28-,29-,30-/m0/s1. The summed E-state index contributed by atoms with van der Waals surface area (Å²) in [5.74, 6) is -11.3. The Hall–Kier alpha value is -5.33. The number of nitrogens with one attached hydrogen (secondary N) is 8. The molecule has 0 radical (unpaired) electrons. The molecule has 0 spiro atoms. The lowest BCUT2D eigenvalue weighted by Gasteiger charge is -2.29. The maximum atomic E-state index is 13.8. The van der Waals surface area contributed by atoms with Gasteiger partial charge in [0.05, 0.1) is 31.0 Å². The molecule has 1 aromatic rings. The number of aromatic amines is 1. The third kappa shape index (κ3) is 17.9. The van der Waals surface area contributed by atoms with Gasteiger partial charge in [0.15, 0.2) is 0 Å². The molecule has 1 aromatic heterocycles. The van der Waals surface area contributed by atoms with Gasteiger partial charge in [-0.25, -0.2) is 9.78 Å². The van der Waals surface area contributed by atoms with E-state index in [0.29, 0.717) is 12.1 Å². The van der Waals surface area contributed by atoms with Crippen LogP contribution in [-0.2, 0) is 49.6 Å². The fraction of sp³-hybridized carbons (Fsp3) is 0.684. The Morgan fingerprint density at radius 1 is 0.661 bits per heavy atom. The summed E-state index contributed by atoms with van der Waals surface area (Å²) in [5.41, 5.74) is 6.25. The van der Waals surface area contributed by atoms with Crippen molar-refractivity contribution < 1.29 is 63.6 Å². The summed E-state index contributed by atoms with van der Waals surface area (Å²) in [6.07, 6.45) is -1.14. The van der Waals surface area contributed by atoms with Gasteiger partial charge in [0.2, 0.25) is 41.4 Å². The molecule has 0 unspecified atom stereocenters. The minimum Gasteiger partial charge on any atom is -0.481 e. The quantitative estimate of drug-likeness (QED) is 0.0384. The van der Waals surface area contributed by atoms with Crippen LogP contribution in [-0.4, -0.2) is 150 Å². The largest absolute Gasteiger partial charge is 0.481 e. The summed E-state index contributed by atoms with van der Waals surface area (Å²) >= 11 is 4.14. The van der Waals surface area contributed by atoms with Crippen molar-refractivity contribution in [1.82, 2.24) is 47.2 Å². The molecule has 14 N–H and O–H groups in total. The van der Waals surface area contributed by atoms with E-state index in [-0.39, 0.29) is 24.7 Å². The minimum absolute atomic E-state index is 0.0797. The number of hydrogen-bond donors (Lipinski definition) is 14. The number of nitrogens with two attached hydrogens (primary N) is 1. The van der Waals surface area contributed by atoms with Crippen LogP contribution in [0.15, 0.2) is 12.5 Å². The zero-order valence-electron chi connectivity index (χ0n) is 36.1. The molecule has 350 valence electrons. The summed E-state index contributed by atoms with van der Waals surface area (Å²) in [4.78, 5) is 124. The number of aliphatic hydroxyl groups is 2. The second-order valence-electron chi connectivity index (χ2n) is 15.9. The summed E-state index contributed by atoms with van der Waals surface area (Å²) in [5, 5.41) is 56.4. The number of aliphatic hydroxyl groups excluding tert-OH is 2. The summed E-state index contributed by atoms with van der Waals surface area (Å²) < 4.78 is 0. The molecule has 0 aromatic carbocycles. The summed E-state index contributed by atoms with van der Waals surface area (Å²) in [6, 6.07) is -12.0. The molecule has 0 fully saturated rings. The smallest absolute Gasteiger partial charge is 0.326 e. The molecule has 0 saturated heterocycles. The van der Waals surface area contributed by atoms with Crippen LogP contribution < -0.4 is 43.0 Å². The molecular weight excluding hydrogens is 837 g/mol. The highest BCUT2D eigenvalue weighted by Gasteiger charge is 2.37. The van der Waals surface area contributed by atoms with Crippen molar-refractivity contribution in [3.63, 3.8) is 0 Å². The highest BCUT2D eigenvalue weighted by molar-refractivity contribution is 7.80. The van der Waals surface area contributed by atoms with E-state index in [1.807, 2.05) is 0 Å². The Labute approximate surface area is 365 Å². The van der Waals surface area contributed by atoms with Crippen LogP contribution in [0.1, 0.15) is 80.3 Å². The number of H-pyrrole nitrogens is 1. The predicted molar refractivity (Wildman–Crippen MR) is 225 cm³/mol. The van der Waals surface area contributed by atoms with E-state index in [0.717, 1.165) is 6.92 Å². The molecule has 11 atom stereocenters. The van der Waals surface area contributed by atoms with E-state index in [9.17, 15) is 63.6 Å². The average molecular weight is 901 g/mol. The second-order valence-corrected chi connectivity index (χ2v) is 16.2. The molecule has 0 bridgehead atoms. The van der Waals surface area contributed by atoms with E-state index in [4.69, 9.17) is 5.73 Å². The molecule has 0 aliphatic carbocycles. The maximum Gasteiger partial charge on any atom is 0.326 e. The predicted octanol–water partition coefficient (Wildman–Crippen LogP) is -3.33. The Balaban J connectivity index is 3.31. The maximum absolute atomic E-state index is 13.8. The van der Waals surface area contributed by atoms with Gasteiger partial charge in [-0.05, 0) is 38.0 Å². The topological polar surface area (TPSA) is 373 Å². The van der Waals surface area contributed by atoms with Crippen LogP contribution in [0.2, 0.25) is 0 Å². The van der Waals surface area contributed by atoms with E-state index >= 15 is 0 Å². The number of aliphatic carboxylic acids is 2. The minimum atomic E-state index is -1.82. The number of imidazole rings is 1. The molecule has 0 aliphatic rings. The first-order valence-corrected chi connectivity index (χ1v) is 20.7. The van der Waals surface area contributed by atoms with Gasteiger partial charge in [0.25, 0.3) is 0 Å². The number of rotatable bonds is 27. The third-order valence-corrected chi connectivity index (χ3v) is 10.1. The van der Waals surface area contributed by atoms with Gasteiger partial charge in [-0.2, -0.15) is 12.6 Å². The molecule has 1 heterocycles. The first-order chi connectivity index (χ1) is 28.8. The van der Waals surface area contributed by atoms with Gasteiger partial charge < -0.3 is 68.4 Å². The number of nitrogens with zero attached hydrogens (tertiary/aromatic N) is 1. The zero-order valence-corrected chi connectivity index (χ0v) is 37.0. The van der Waals surface area contributed by atoms with Crippen LogP contribution in [0, 0.1) is 17.8 Å². The normalized spacial score (nSPS) is 16.7. The molecular formula is C38H64N10O13S. The van der Waals surface area contributed by atoms with Crippen molar-refractivity contribution >= 4 is 65.9 Å². The van der Waals surface area contributed by atoms with Crippen LogP contribution >= 0.6 is 12.6 Å². The second kappa shape index (κ2) is 26.2. The molecule has 1 rings (SSSR count). The van der Waals surface area contributed by atoms with Gasteiger partial charge in [0.1, 0.15) is 42.3 Å². The van der Waals surface area contributed by atoms with Gasteiger partial charge in [-0.15, -0.1) is 0 Å². The highest BCUT2D eigenvalue weighted by Crippen LogP contribution is 2.11. The van der Waals surface area contributed by atoms with Gasteiger partial charge >= 0.3 is 11.9 Å². The number of amides is 7. The molecule has 7 amide bonds. The highest BCUT2D eigenvalue weighted by atomic mass is 32.1. The van der Waals surface area contributed by atoms with E-state index in [2.05, 4.69) is 59.8 Å². The van der Waals surface area contributed by atoms with Crippen LogP contribution in [0.4, 0.5) is 0 Å². The Kier molecular flexibility index (Phi) is 23.1. The van der Waals surface area contributed by atoms with Gasteiger partial charge in [-0.1, -0.05) is 48.0 Å². The number of hydrogen-bond acceptors (Lipinski definition) is 14. The van der Waals surface area contributed by atoms with Crippen LogP contribution in [0.5, 0.6) is 0 Å². The van der Waals surface area contributed by atoms with E-state index < -0.39 is 132 Å². The first-order valence-electron chi connectivity index (χ1n) is 20.1. The average Bonchev–Trinajstić information content (AvgIpc) is 3.70. The van der Waals surface area contributed by atoms with Crippen molar-refractivity contribution in [2.45, 2.75) is 142 Å². The fourth-order valence-corrected chi connectivity index (χ4v) is 6.03. The van der Waals surface area contributed by atoms with Crippen molar-refractivity contribution in [2.75, 3.05) is 5.75 Å². The number of carboxylic acid groups (broad SMARTS) is 2. The number of carbonyl (C=O) groups excluding carboxylic acids is 7. The van der Waals surface area contributed by atoms with Gasteiger partial charge in [0, 0.05) is 24.1 Å². The summed E-state index contributed by atoms with van der Waals surface area (Å²) in [6.45, 7) is 12.5. The Morgan fingerprint density at radius 3 is 1.56 bits per heavy atom. The zero-order chi connectivity index (χ0) is 47.6. The molecule has 24 heteroatoms. The molecule has 0 saturated carbocycles. The lowest BCUT2D eigenvalue weighted by molar-refractivity contribution is -0.144. The Morgan fingerprint density at radius 2 is 1.11 bits per heavy atom. The molecule has 62 heavy (non-hydrogen) atoms. The third-order valence-electron chi connectivity index (χ3n) is 9.69. The summed E-state index contributed by atoms with van der Waals surface area (Å²) in [7, 11) is 0. The number of carbonyl (C=O) groups is 9. The SMILES string of the molecule is CC[C@H](C)[C@H](N)C(=O)N[C@H](C(=O)N[C@H](C(=O)N[C@@H](CS)C(=O)N[C@@H](Cc1cnc[nH]1)C(=O)N[C@@H](CC(=O)O)C(=O)N[C@H](C(=O)N[C@@H](CC(C)C)C(=O)O)C(C)C)[C@@H](C)O)[C@@H](C)O. The number of aromatic nitrogens is 2. The monoisotopic (exact) mass is 900 g/mol. The van der Waals surface area contributed by atoms with E-state index in [1.54, 1.807) is 41.5 Å². The van der Waals surface area contributed by atoms with Crippen molar-refractivity contribution in [1.29, 1.82) is 0 Å². The number of thiol groups is 1. The first kappa shape index (κ1) is 54.7. The van der Waals surface area contributed by atoms with Crippen molar-refractivity contribution in [3.8, 4) is 0 Å². The van der Waals surface area contributed by atoms with Crippen molar-refractivity contribution in [3.05, 3.63) is 18.2 Å². The molecule has 0 aliphatic heterocycles. The fourth-order valence-electron chi connectivity index (χ4n) is 5.77. The van der Waals surface area contributed by atoms with Crippen LogP contribution in [0.3, 0.4) is 0 Å². The molecule has 23 nitrogen and oxygen atoms in total. The lowest BCUT2D eigenvalue weighted by atomic mass is 9.98. The Bertz CT molecular complexity index is 1700. The lowest BCUT2D eigenvalue weighted by Crippen LogP contribution is -2.63. The van der Waals surface area contributed by atoms with Crippen LogP contribution in [0.25, 0.3) is 0 Å².